The van der Waals surface area contributed by atoms with Crippen LogP contribution in [0.2, 0.25) is 0 Å². The largest absolute Gasteiger partial charge is 0.679 e. The Balaban J connectivity index is 3.87. The van der Waals surface area contributed by atoms with Gasteiger partial charge in [0, 0.05) is 21.3 Å². The third kappa shape index (κ3) is 2.53. The Kier molecular flexibility index (Phi) is 5.23. The number of hydrogen-bond acceptors (Lipinski definition) is 4. The van der Waals surface area contributed by atoms with Crippen molar-refractivity contribution in [3.63, 3.8) is 0 Å². The van der Waals surface area contributed by atoms with Crippen LogP contribution < -0.4 is 0 Å². The number of hydrogen-bond donors (Lipinski definition) is 0. The van der Waals surface area contributed by atoms with Crippen LogP contribution in [-0.2, 0) is 17.7 Å². The Hall–Kier alpha value is 0.347. The molecule has 0 aromatic carbocycles. The van der Waals surface area contributed by atoms with Gasteiger partial charge in [-0.1, -0.05) is 11.6 Å². The van der Waals surface area contributed by atoms with Crippen LogP contribution in [0.4, 0.5) is 0 Å². The van der Waals surface area contributed by atoms with E-state index in [1.807, 2.05) is 0 Å². The van der Waals surface area contributed by atoms with Gasteiger partial charge in [-0.15, -0.1) is 0 Å². The van der Waals surface area contributed by atoms with Crippen molar-refractivity contribution in [2.75, 3.05) is 27.4 Å². The van der Waals surface area contributed by atoms with E-state index >= 15 is 0 Å². The fourth-order valence-corrected chi connectivity index (χ4v) is 1.88. The van der Waals surface area contributed by atoms with Crippen molar-refractivity contribution in [2.45, 2.75) is 0 Å². The summed E-state index contributed by atoms with van der Waals surface area (Å²) >= 11 is 5.29. The van der Waals surface area contributed by atoms with Crippen molar-refractivity contribution < 1.29 is 17.7 Å². The second-order valence-corrected chi connectivity index (χ2v) is 4.10. The molecule has 0 saturated heterocycles. The number of alkyl halides is 1. The van der Waals surface area contributed by atoms with Crippen LogP contribution in [-0.4, -0.2) is 36.4 Å². The van der Waals surface area contributed by atoms with E-state index in [1.165, 1.54) is 21.3 Å². The standard InChI is InChI=1S/C4H11ClO4Si/c1-6-10(7-2,8-3)9-4-5/h4H2,1-3H3. The Labute approximate surface area is 66.5 Å². The highest BCUT2D eigenvalue weighted by atomic mass is 35.5. The van der Waals surface area contributed by atoms with Crippen molar-refractivity contribution in [2.24, 2.45) is 0 Å². The van der Waals surface area contributed by atoms with Crippen LogP contribution in [0.1, 0.15) is 0 Å². The molecule has 0 aliphatic carbocycles. The van der Waals surface area contributed by atoms with Crippen LogP contribution in [0.3, 0.4) is 0 Å². The maximum atomic E-state index is 5.29. The van der Waals surface area contributed by atoms with Gasteiger partial charge in [0.05, 0.1) is 0 Å². The summed E-state index contributed by atoms with van der Waals surface area (Å²) in [4.78, 5) is 0. The van der Waals surface area contributed by atoms with Gasteiger partial charge in [-0.25, -0.2) is 0 Å². The molecule has 0 radical (unpaired) electrons. The Morgan fingerprint density at radius 2 is 1.50 bits per heavy atom. The normalized spacial score (nSPS) is 12.0. The number of rotatable bonds is 5. The van der Waals surface area contributed by atoms with Gasteiger partial charge < -0.3 is 17.7 Å². The van der Waals surface area contributed by atoms with Crippen molar-refractivity contribution >= 4 is 20.6 Å². The van der Waals surface area contributed by atoms with Crippen LogP contribution in [0.5, 0.6) is 0 Å². The van der Waals surface area contributed by atoms with Crippen molar-refractivity contribution in [3.8, 4) is 0 Å². The molecule has 0 saturated carbocycles. The first-order chi connectivity index (χ1) is 4.74. The van der Waals surface area contributed by atoms with Crippen LogP contribution in [0.15, 0.2) is 0 Å². The van der Waals surface area contributed by atoms with Gasteiger partial charge in [-0.05, 0) is 0 Å². The second-order valence-electron chi connectivity index (χ2n) is 1.37. The van der Waals surface area contributed by atoms with Gasteiger partial charge >= 0.3 is 9.05 Å². The quantitative estimate of drug-likeness (QED) is 0.465. The third-order valence-electron chi connectivity index (χ3n) is 0.981. The van der Waals surface area contributed by atoms with E-state index in [-0.39, 0.29) is 6.07 Å². The molecule has 0 atom stereocenters. The molecule has 0 N–H and O–H groups in total. The van der Waals surface area contributed by atoms with Gasteiger partial charge in [0.2, 0.25) is 0 Å². The fraction of sp³-hybridized carbons (Fsp3) is 1.00. The summed E-state index contributed by atoms with van der Waals surface area (Å²) in [5.41, 5.74) is 0. The minimum absolute atomic E-state index is 0.00173. The Morgan fingerprint density at radius 3 is 1.60 bits per heavy atom. The molecule has 0 fully saturated rings. The van der Waals surface area contributed by atoms with E-state index in [2.05, 4.69) is 0 Å². The molecule has 0 amide bonds. The van der Waals surface area contributed by atoms with Crippen molar-refractivity contribution in [1.29, 1.82) is 0 Å². The average molecular weight is 187 g/mol. The summed E-state index contributed by atoms with van der Waals surface area (Å²) in [5, 5.41) is 0. The molecule has 0 bridgehead atoms. The molecule has 6 heteroatoms. The summed E-state index contributed by atoms with van der Waals surface area (Å²) in [6.07, 6.45) is 0. The highest BCUT2D eigenvalue weighted by molar-refractivity contribution is 6.53. The Morgan fingerprint density at radius 1 is 1.10 bits per heavy atom. The van der Waals surface area contributed by atoms with Gasteiger partial charge in [0.15, 0.2) is 0 Å². The molecule has 0 unspecified atom stereocenters. The minimum atomic E-state index is -2.85. The monoisotopic (exact) mass is 186 g/mol. The second kappa shape index (κ2) is 5.06. The lowest BCUT2D eigenvalue weighted by molar-refractivity contribution is 0.0176. The first kappa shape index (κ1) is 10.3. The highest BCUT2D eigenvalue weighted by Gasteiger charge is 2.41. The third-order valence-corrected chi connectivity index (χ3v) is 3.27. The molecule has 0 spiro atoms. The van der Waals surface area contributed by atoms with E-state index in [0.717, 1.165) is 0 Å². The molecule has 0 aromatic heterocycles. The molecule has 10 heavy (non-hydrogen) atoms. The summed E-state index contributed by atoms with van der Waals surface area (Å²) in [6.45, 7) is 0. The molecule has 4 nitrogen and oxygen atoms in total. The molecule has 62 valence electrons. The highest BCUT2D eigenvalue weighted by Crippen LogP contribution is 2.07. The maximum absolute atomic E-state index is 5.29. The van der Waals surface area contributed by atoms with Gasteiger partial charge in [-0.2, -0.15) is 0 Å². The molecule has 0 aromatic rings. The topological polar surface area (TPSA) is 36.9 Å². The first-order valence-electron chi connectivity index (χ1n) is 2.60. The summed E-state index contributed by atoms with van der Waals surface area (Å²) in [7, 11) is 1.50. The fourth-order valence-electron chi connectivity index (χ4n) is 0.494. The zero-order chi connectivity index (χ0) is 8.04. The lowest BCUT2D eigenvalue weighted by Gasteiger charge is -2.21. The van der Waals surface area contributed by atoms with Crippen LogP contribution in [0.25, 0.3) is 0 Å². The molecule has 0 rings (SSSR count). The van der Waals surface area contributed by atoms with Gasteiger partial charge in [0.25, 0.3) is 0 Å². The molecule has 0 aliphatic heterocycles. The minimum Gasteiger partial charge on any atom is -0.355 e. The van der Waals surface area contributed by atoms with E-state index in [1.54, 1.807) is 0 Å². The summed E-state index contributed by atoms with van der Waals surface area (Å²) in [5.74, 6) is 0. The van der Waals surface area contributed by atoms with E-state index < -0.39 is 9.05 Å². The predicted octanol–water partition coefficient (Wildman–Crippen LogP) is 0.574. The molecular weight excluding hydrogens is 176 g/mol. The van der Waals surface area contributed by atoms with Crippen LogP contribution in [0, 0.1) is 0 Å². The maximum Gasteiger partial charge on any atom is 0.679 e. The molecular formula is C4H11ClO4Si. The molecule has 0 heterocycles. The lowest BCUT2D eigenvalue weighted by Crippen LogP contribution is -2.46. The zero-order valence-electron chi connectivity index (χ0n) is 6.22. The smallest absolute Gasteiger partial charge is 0.355 e. The zero-order valence-corrected chi connectivity index (χ0v) is 7.97. The van der Waals surface area contributed by atoms with Gasteiger partial charge in [-0.3, -0.25) is 0 Å². The predicted molar refractivity (Wildman–Crippen MR) is 38.6 cm³/mol. The van der Waals surface area contributed by atoms with Crippen LogP contribution >= 0.6 is 11.6 Å². The molecule has 0 aliphatic rings. The van der Waals surface area contributed by atoms with Crippen molar-refractivity contribution in [3.05, 3.63) is 0 Å². The van der Waals surface area contributed by atoms with E-state index in [0.29, 0.717) is 0 Å². The van der Waals surface area contributed by atoms with Gasteiger partial charge in [0.1, 0.15) is 6.07 Å². The summed E-state index contributed by atoms with van der Waals surface area (Å²) < 4.78 is 19.5. The number of halogens is 1. The average Bonchev–Trinajstić information content (AvgIpc) is 2.01. The summed E-state index contributed by atoms with van der Waals surface area (Å²) in [6, 6.07) is 0.00173. The SMILES string of the molecule is CO[Si](OC)(OC)OCCl. The lowest BCUT2D eigenvalue weighted by atomic mass is 11.7. The van der Waals surface area contributed by atoms with E-state index in [9.17, 15) is 0 Å². The van der Waals surface area contributed by atoms with E-state index in [4.69, 9.17) is 29.3 Å². The Bertz CT molecular complexity index is 79.1. The first-order valence-corrected chi connectivity index (χ1v) is 4.76. The van der Waals surface area contributed by atoms with Crippen molar-refractivity contribution in [1.82, 2.24) is 0 Å².